The van der Waals surface area contributed by atoms with Crippen LogP contribution in [0.25, 0.3) is 22.0 Å². The molecule has 0 aliphatic heterocycles. The van der Waals surface area contributed by atoms with E-state index in [1.54, 1.807) is 13.1 Å². The van der Waals surface area contributed by atoms with Gasteiger partial charge in [0.05, 0.1) is 29.8 Å². The summed E-state index contributed by atoms with van der Waals surface area (Å²) in [5.41, 5.74) is 2.53. The van der Waals surface area contributed by atoms with Gasteiger partial charge in [0.2, 0.25) is 0 Å². The molecule has 140 valence electrons. The highest BCUT2D eigenvalue weighted by atomic mass is 19.4. The van der Waals surface area contributed by atoms with Crippen molar-refractivity contribution in [3.05, 3.63) is 53.7 Å². The van der Waals surface area contributed by atoms with Crippen molar-refractivity contribution < 1.29 is 22.7 Å². The summed E-state index contributed by atoms with van der Waals surface area (Å²) in [4.78, 5) is 12.0. The zero-order valence-electron chi connectivity index (χ0n) is 14.5. The van der Waals surface area contributed by atoms with Gasteiger partial charge in [-0.2, -0.15) is 18.3 Å². The third-order valence-corrected chi connectivity index (χ3v) is 4.92. The van der Waals surface area contributed by atoms with Crippen molar-refractivity contribution in [2.24, 2.45) is 5.92 Å². The van der Waals surface area contributed by atoms with E-state index in [1.165, 1.54) is 12.1 Å². The minimum Gasteiger partial charge on any atom is -0.466 e. The molecule has 0 bridgehead atoms. The molecule has 4 rings (SSSR count). The molecule has 0 radical (unpaired) electrons. The number of esters is 1. The van der Waals surface area contributed by atoms with Gasteiger partial charge < -0.3 is 4.74 Å². The maximum atomic E-state index is 12.8. The van der Waals surface area contributed by atoms with Crippen LogP contribution in [-0.2, 0) is 15.7 Å². The van der Waals surface area contributed by atoms with Gasteiger partial charge in [-0.15, -0.1) is 0 Å². The van der Waals surface area contributed by atoms with E-state index in [4.69, 9.17) is 4.74 Å². The van der Waals surface area contributed by atoms with Gasteiger partial charge in [0.1, 0.15) is 0 Å². The molecule has 1 heterocycles. The van der Waals surface area contributed by atoms with Crippen LogP contribution < -0.4 is 0 Å². The van der Waals surface area contributed by atoms with Gasteiger partial charge in [0.15, 0.2) is 0 Å². The zero-order valence-corrected chi connectivity index (χ0v) is 14.5. The summed E-state index contributed by atoms with van der Waals surface area (Å²) in [6.07, 6.45) is -1.95. The molecule has 0 amide bonds. The monoisotopic (exact) mass is 374 g/mol. The van der Waals surface area contributed by atoms with Crippen molar-refractivity contribution in [1.82, 2.24) is 10.2 Å². The second kappa shape index (κ2) is 6.40. The molecule has 2 aromatic carbocycles. The van der Waals surface area contributed by atoms with E-state index in [-0.39, 0.29) is 17.8 Å². The van der Waals surface area contributed by atoms with Crippen LogP contribution in [0, 0.1) is 5.92 Å². The number of H-pyrrole nitrogens is 1. The van der Waals surface area contributed by atoms with Crippen LogP contribution in [-0.4, -0.2) is 22.8 Å². The fraction of sp³-hybridized carbons (Fsp3) is 0.300. The number of hydrogen-bond donors (Lipinski definition) is 1. The molecule has 4 nitrogen and oxygen atoms in total. The fourth-order valence-corrected chi connectivity index (χ4v) is 3.45. The summed E-state index contributed by atoms with van der Waals surface area (Å²) in [5, 5.41) is 7.90. The third-order valence-electron chi connectivity index (χ3n) is 4.92. The summed E-state index contributed by atoms with van der Waals surface area (Å²) in [7, 11) is 0. The maximum Gasteiger partial charge on any atom is 0.416 e. The lowest BCUT2D eigenvalue weighted by Gasteiger charge is -2.10. The first kappa shape index (κ1) is 17.6. The number of carbonyl (C=O) groups excluding carboxylic acids is 1. The van der Waals surface area contributed by atoms with Crippen molar-refractivity contribution in [2.45, 2.75) is 25.4 Å². The molecule has 0 spiro atoms. The molecule has 1 aliphatic rings. The normalized spacial score (nSPS) is 19.3. The molecule has 1 aliphatic carbocycles. The highest BCUT2D eigenvalue weighted by Crippen LogP contribution is 2.50. The fourth-order valence-electron chi connectivity index (χ4n) is 3.45. The van der Waals surface area contributed by atoms with Crippen LogP contribution in [0.3, 0.4) is 0 Å². The SMILES string of the molecule is CCOC(=O)[C@@H]1C[C@H]1c1cc(-c2ccc(C(F)(F)F)cc2)cc2[nH]ncc12. The van der Waals surface area contributed by atoms with Crippen LogP contribution in [0.2, 0.25) is 0 Å². The Balaban J connectivity index is 1.70. The number of nitrogens with one attached hydrogen (secondary N) is 1. The van der Waals surface area contributed by atoms with E-state index in [0.29, 0.717) is 18.6 Å². The Labute approximate surface area is 153 Å². The molecule has 1 fully saturated rings. The summed E-state index contributed by atoms with van der Waals surface area (Å²) < 4.78 is 43.5. The molecule has 3 aromatic rings. The van der Waals surface area contributed by atoms with Crippen LogP contribution >= 0.6 is 0 Å². The Hall–Kier alpha value is -2.83. The second-order valence-corrected chi connectivity index (χ2v) is 6.67. The van der Waals surface area contributed by atoms with Gasteiger partial charge in [0.25, 0.3) is 0 Å². The van der Waals surface area contributed by atoms with E-state index >= 15 is 0 Å². The third kappa shape index (κ3) is 3.29. The van der Waals surface area contributed by atoms with Gasteiger partial charge >= 0.3 is 12.1 Å². The maximum absolute atomic E-state index is 12.8. The molecule has 7 heteroatoms. The van der Waals surface area contributed by atoms with E-state index in [9.17, 15) is 18.0 Å². The lowest BCUT2D eigenvalue weighted by Crippen LogP contribution is -2.07. The quantitative estimate of drug-likeness (QED) is 0.660. The van der Waals surface area contributed by atoms with E-state index in [1.807, 2.05) is 12.1 Å². The van der Waals surface area contributed by atoms with E-state index < -0.39 is 11.7 Å². The molecular formula is C20H17F3N2O2. The number of aromatic amines is 1. The summed E-state index contributed by atoms with van der Waals surface area (Å²) in [5.74, 6) is -0.344. The summed E-state index contributed by atoms with van der Waals surface area (Å²) >= 11 is 0. The molecule has 27 heavy (non-hydrogen) atoms. The zero-order chi connectivity index (χ0) is 19.2. The number of nitrogens with zero attached hydrogens (tertiary/aromatic N) is 1. The highest BCUT2D eigenvalue weighted by Gasteiger charge is 2.46. The number of rotatable bonds is 4. The molecular weight excluding hydrogens is 357 g/mol. The van der Waals surface area contributed by atoms with Crippen LogP contribution in [0.15, 0.2) is 42.6 Å². The van der Waals surface area contributed by atoms with Gasteiger partial charge in [-0.1, -0.05) is 18.2 Å². The molecule has 1 N–H and O–H groups in total. The smallest absolute Gasteiger partial charge is 0.416 e. The number of ether oxygens (including phenoxy) is 1. The van der Waals surface area contributed by atoms with Crippen molar-refractivity contribution in [1.29, 1.82) is 0 Å². The highest BCUT2D eigenvalue weighted by molar-refractivity contribution is 5.89. The summed E-state index contributed by atoms with van der Waals surface area (Å²) in [6.45, 7) is 2.11. The van der Waals surface area contributed by atoms with Crippen molar-refractivity contribution in [2.75, 3.05) is 6.61 Å². The second-order valence-electron chi connectivity index (χ2n) is 6.67. The van der Waals surface area contributed by atoms with Crippen LogP contribution in [0.1, 0.15) is 30.4 Å². The Kier molecular flexibility index (Phi) is 4.17. The molecule has 1 aromatic heterocycles. The predicted molar refractivity (Wildman–Crippen MR) is 94.0 cm³/mol. The topological polar surface area (TPSA) is 55.0 Å². The van der Waals surface area contributed by atoms with Gasteiger partial charge in [-0.05, 0) is 54.2 Å². The van der Waals surface area contributed by atoms with Crippen molar-refractivity contribution in [3.8, 4) is 11.1 Å². The van der Waals surface area contributed by atoms with E-state index in [2.05, 4.69) is 10.2 Å². The number of fused-ring (bicyclic) bond motifs is 1. The molecule has 0 unspecified atom stereocenters. The number of halogens is 3. The standard InChI is InChI=1S/C20H17F3N2O2/c1-2-27-19(26)16-9-15(16)14-7-12(8-18-17(14)10-24-25-18)11-3-5-13(6-4-11)20(21,22)23/h3-8,10,15-16H,2,9H2,1H3,(H,24,25)/t15-,16+/m0/s1. The minimum atomic E-state index is -4.36. The van der Waals surface area contributed by atoms with Crippen molar-refractivity contribution >= 4 is 16.9 Å². The molecule has 0 saturated heterocycles. The average Bonchev–Trinajstić information content (AvgIpc) is 3.29. The lowest BCUT2D eigenvalue weighted by atomic mass is 9.96. The van der Waals surface area contributed by atoms with Gasteiger partial charge in [-0.3, -0.25) is 9.89 Å². The average molecular weight is 374 g/mol. The van der Waals surface area contributed by atoms with Gasteiger partial charge in [-0.25, -0.2) is 0 Å². The molecule has 2 atom stereocenters. The number of benzene rings is 2. The predicted octanol–water partition coefficient (Wildman–Crippen LogP) is 4.92. The van der Waals surface area contributed by atoms with Crippen LogP contribution in [0.5, 0.6) is 0 Å². The van der Waals surface area contributed by atoms with Crippen molar-refractivity contribution in [3.63, 3.8) is 0 Å². The number of hydrogen-bond acceptors (Lipinski definition) is 3. The first-order valence-electron chi connectivity index (χ1n) is 8.69. The van der Waals surface area contributed by atoms with Crippen LogP contribution in [0.4, 0.5) is 13.2 Å². The Morgan fingerprint density at radius 2 is 1.96 bits per heavy atom. The first-order chi connectivity index (χ1) is 12.9. The molecule has 1 saturated carbocycles. The first-order valence-corrected chi connectivity index (χ1v) is 8.69. The van der Waals surface area contributed by atoms with Gasteiger partial charge in [0, 0.05) is 5.39 Å². The summed E-state index contributed by atoms with van der Waals surface area (Å²) in [6, 6.07) is 8.86. The Morgan fingerprint density at radius 3 is 2.63 bits per heavy atom. The largest absolute Gasteiger partial charge is 0.466 e. The number of alkyl halides is 3. The minimum absolute atomic E-state index is 0.0403. The Morgan fingerprint density at radius 1 is 1.22 bits per heavy atom. The Bertz CT molecular complexity index is 993. The van der Waals surface area contributed by atoms with E-state index in [0.717, 1.165) is 34.2 Å². The lowest BCUT2D eigenvalue weighted by molar-refractivity contribution is -0.144. The number of aromatic nitrogens is 2. The number of carbonyl (C=O) groups is 1.